The lowest BCUT2D eigenvalue weighted by molar-refractivity contribution is 0.548. The highest BCUT2D eigenvalue weighted by atomic mass is 79.9. The van der Waals surface area contributed by atoms with Crippen molar-refractivity contribution in [2.75, 3.05) is 0 Å². The minimum atomic E-state index is 0.309. The van der Waals surface area contributed by atoms with Gasteiger partial charge in [0.2, 0.25) is 0 Å². The molecule has 14 heavy (non-hydrogen) atoms. The van der Waals surface area contributed by atoms with Gasteiger partial charge in [-0.05, 0) is 41.9 Å². The molecule has 74 valence electrons. The molecule has 0 spiro atoms. The molecule has 0 saturated carbocycles. The molecule has 0 aliphatic heterocycles. The Bertz CT molecular complexity index is 476. The van der Waals surface area contributed by atoms with Crippen molar-refractivity contribution in [1.29, 1.82) is 0 Å². The zero-order chi connectivity index (χ0) is 10.3. The monoisotopic (exact) mass is 272 g/mol. The Morgan fingerprint density at radius 2 is 2.14 bits per heavy atom. The van der Waals surface area contributed by atoms with E-state index in [1.54, 1.807) is 0 Å². The minimum Gasteiger partial charge on any atom is -0.260 e. The van der Waals surface area contributed by atoms with Crippen LogP contribution >= 0.6 is 27.5 Å². The third kappa shape index (κ3) is 1.44. The molecule has 2 aromatic rings. The predicted octanol–water partition coefficient (Wildman–Crippen LogP) is 4.03. The molecule has 0 atom stereocenters. The van der Waals surface area contributed by atoms with Crippen molar-refractivity contribution >= 4 is 38.4 Å². The van der Waals surface area contributed by atoms with Gasteiger partial charge in [-0.1, -0.05) is 17.7 Å². The summed E-state index contributed by atoms with van der Waals surface area (Å²) in [5, 5.41) is 6.21. The summed E-state index contributed by atoms with van der Waals surface area (Å²) >= 11 is 9.57. The molecular weight excluding hydrogens is 263 g/mol. The van der Waals surface area contributed by atoms with Gasteiger partial charge in [-0.15, -0.1) is 0 Å². The first-order valence-corrected chi connectivity index (χ1v) is 5.60. The summed E-state index contributed by atoms with van der Waals surface area (Å²) in [6.45, 7) is 4.17. The van der Waals surface area contributed by atoms with Gasteiger partial charge in [0.15, 0.2) is 0 Å². The summed E-state index contributed by atoms with van der Waals surface area (Å²) in [6, 6.07) is 6.14. The maximum Gasteiger partial charge on any atom is 0.136 e. The molecule has 0 saturated heterocycles. The Morgan fingerprint density at radius 3 is 2.79 bits per heavy atom. The summed E-state index contributed by atoms with van der Waals surface area (Å²) in [5.74, 6) is 0. The number of halogens is 2. The summed E-state index contributed by atoms with van der Waals surface area (Å²) in [6.07, 6.45) is 0. The topological polar surface area (TPSA) is 17.8 Å². The molecule has 1 aromatic carbocycles. The van der Waals surface area contributed by atoms with Gasteiger partial charge in [0.05, 0.1) is 10.5 Å². The molecular formula is C10H10BrClN2. The van der Waals surface area contributed by atoms with Crippen molar-refractivity contribution in [2.45, 2.75) is 19.9 Å². The Hall–Kier alpha value is -0.540. The smallest absolute Gasteiger partial charge is 0.136 e. The molecule has 1 heterocycles. The Morgan fingerprint density at radius 1 is 1.43 bits per heavy atom. The third-order valence-electron chi connectivity index (χ3n) is 2.12. The zero-order valence-corrected chi connectivity index (χ0v) is 10.3. The van der Waals surface area contributed by atoms with E-state index >= 15 is 0 Å². The Balaban J connectivity index is 2.86. The number of rotatable bonds is 1. The van der Waals surface area contributed by atoms with Gasteiger partial charge in [-0.3, -0.25) is 4.68 Å². The number of fused-ring (bicyclic) bond motifs is 1. The highest BCUT2D eigenvalue weighted by Gasteiger charge is 2.12. The van der Waals surface area contributed by atoms with Crippen molar-refractivity contribution in [3.05, 3.63) is 27.8 Å². The molecule has 0 aliphatic rings. The first-order chi connectivity index (χ1) is 6.61. The van der Waals surface area contributed by atoms with E-state index in [0.717, 1.165) is 20.5 Å². The fraction of sp³-hybridized carbons (Fsp3) is 0.300. The minimum absolute atomic E-state index is 0.309. The van der Waals surface area contributed by atoms with Gasteiger partial charge in [0, 0.05) is 11.4 Å². The van der Waals surface area contributed by atoms with Crippen LogP contribution in [0.3, 0.4) is 0 Å². The SMILES string of the molecule is CC(C)n1nc(Br)c2cccc(Cl)c21. The number of nitrogens with zero attached hydrogens (tertiary/aromatic N) is 2. The van der Waals surface area contributed by atoms with Crippen molar-refractivity contribution in [3.63, 3.8) is 0 Å². The van der Waals surface area contributed by atoms with E-state index in [0.29, 0.717) is 6.04 Å². The van der Waals surface area contributed by atoms with Gasteiger partial charge in [-0.25, -0.2) is 0 Å². The second-order valence-corrected chi connectivity index (χ2v) is 4.62. The molecule has 0 amide bonds. The number of aromatic nitrogens is 2. The highest BCUT2D eigenvalue weighted by molar-refractivity contribution is 9.10. The maximum absolute atomic E-state index is 6.14. The van der Waals surface area contributed by atoms with Gasteiger partial charge in [-0.2, -0.15) is 5.10 Å². The standard InChI is InChI=1S/C10H10BrClN2/c1-6(2)14-9-7(10(11)13-14)4-3-5-8(9)12/h3-6H,1-2H3. The summed E-state index contributed by atoms with van der Waals surface area (Å²) < 4.78 is 2.78. The van der Waals surface area contributed by atoms with Crippen molar-refractivity contribution in [3.8, 4) is 0 Å². The van der Waals surface area contributed by atoms with Crippen LogP contribution in [0.2, 0.25) is 5.02 Å². The van der Waals surface area contributed by atoms with E-state index in [1.165, 1.54) is 0 Å². The quantitative estimate of drug-likeness (QED) is 0.767. The fourth-order valence-electron chi connectivity index (χ4n) is 1.49. The Labute approximate surface area is 96.0 Å². The lowest BCUT2D eigenvalue weighted by atomic mass is 10.2. The van der Waals surface area contributed by atoms with Crippen LogP contribution in [-0.2, 0) is 0 Å². The van der Waals surface area contributed by atoms with Crippen LogP contribution in [0.4, 0.5) is 0 Å². The second-order valence-electron chi connectivity index (χ2n) is 3.47. The molecule has 0 fully saturated rings. The maximum atomic E-state index is 6.14. The molecule has 0 N–H and O–H groups in total. The van der Waals surface area contributed by atoms with Crippen LogP contribution in [0.5, 0.6) is 0 Å². The molecule has 0 aliphatic carbocycles. The van der Waals surface area contributed by atoms with Crippen molar-refractivity contribution in [2.24, 2.45) is 0 Å². The summed E-state index contributed by atoms with van der Waals surface area (Å²) in [4.78, 5) is 0. The van der Waals surface area contributed by atoms with Crippen LogP contribution in [-0.4, -0.2) is 9.78 Å². The molecule has 0 unspecified atom stereocenters. The van der Waals surface area contributed by atoms with Gasteiger partial charge < -0.3 is 0 Å². The summed E-state index contributed by atoms with van der Waals surface area (Å²) in [5.41, 5.74) is 0.996. The van der Waals surface area contributed by atoms with E-state index in [1.807, 2.05) is 22.9 Å². The van der Waals surface area contributed by atoms with Crippen molar-refractivity contribution < 1.29 is 0 Å². The van der Waals surface area contributed by atoms with E-state index in [-0.39, 0.29) is 0 Å². The van der Waals surface area contributed by atoms with Crippen LogP contribution < -0.4 is 0 Å². The van der Waals surface area contributed by atoms with Crippen molar-refractivity contribution in [1.82, 2.24) is 9.78 Å². The number of benzene rings is 1. The average Bonchev–Trinajstić information content (AvgIpc) is 2.46. The lowest BCUT2D eigenvalue weighted by Gasteiger charge is -2.07. The second kappa shape index (κ2) is 3.55. The summed E-state index contributed by atoms with van der Waals surface area (Å²) in [7, 11) is 0. The average molecular weight is 274 g/mol. The molecule has 4 heteroatoms. The number of hydrogen-bond donors (Lipinski definition) is 0. The zero-order valence-electron chi connectivity index (χ0n) is 7.96. The molecule has 1 aromatic heterocycles. The van der Waals surface area contributed by atoms with Crippen LogP contribution in [0.15, 0.2) is 22.8 Å². The molecule has 0 bridgehead atoms. The predicted molar refractivity (Wildman–Crippen MR) is 62.8 cm³/mol. The van der Waals surface area contributed by atoms with Gasteiger partial charge in [0.25, 0.3) is 0 Å². The third-order valence-corrected chi connectivity index (χ3v) is 3.01. The van der Waals surface area contributed by atoms with Crippen LogP contribution in [0, 0.1) is 0 Å². The largest absolute Gasteiger partial charge is 0.260 e. The van der Waals surface area contributed by atoms with E-state index in [2.05, 4.69) is 34.9 Å². The molecule has 0 radical (unpaired) electrons. The van der Waals surface area contributed by atoms with E-state index in [4.69, 9.17) is 11.6 Å². The van der Waals surface area contributed by atoms with Gasteiger partial charge >= 0.3 is 0 Å². The van der Waals surface area contributed by atoms with E-state index in [9.17, 15) is 0 Å². The molecule has 2 rings (SSSR count). The van der Waals surface area contributed by atoms with Crippen LogP contribution in [0.25, 0.3) is 10.9 Å². The Kier molecular flexibility index (Phi) is 2.54. The van der Waals surface area contributed by atoms with Crippen LogP contribution in [0.1, 0.15) is 19.9 Å². The normalized spacial score (nSPS) is 11.5. The molecule has 2 nitrogen and oxygen atoms in total. The van der Waals surface area contributed by atoms with E-state index < -0.39 is 0 Å². The number of hydrogen-bond acceptors (Lipinski definition) is 1. The first-order valence-electron chi connectivity index (χ1n) is 4.43. The first kappa shape index (κ1) is 9.99. The highest BCUT2D eigenvalue weighted by Crippen LogP contribution is 2.30. The number of para-hydroxylation sites is 1. The van der Waals surface area contributed by atoms with Gasteiger partial charge in [0.1, 0.15) is 4.60 Å². The fourth-order valence-corrected chi connectivity index (χ4v) is 2.24. The lowest BCUT2D eigenvalue weighted by Crippen LogP contribution is -2.02.